The Morgan fingerprint density at radius 3 is 2.81 bits per heavy atom. The average molecular weight is 366 g/mol. The molecular weight excluding hydrogens is 344 g/mol. The van der Waals surface area contributed by atoms with Gasteiger partial charge in [-0.1, -0.05) is 12.1 Å². The number of aryl methyl sites for hydroxylation is 1. The average Bonchev–Trinajstić information content (AvgIpc) is 3.28. The Labute approximate surface area is 157 Å². The standard InChI is InChI=1S/C19H22N6O2/c26-13-17-10-18-12-24(7-1-8-25(18)22-17)19(27)21-16-4-2-15(3-5-16)11-23-9-6-20-14-23/h2-6,9-10,14,26H,1,7-8,11-13H2,(H,21,27). The topological polar surface area (TPSA) is 88.2 Å². The zero-order valence-corrected chi connectivity index (χ0v) is 15.0. The largest absolute Gasteiger partial charge is 0.390 e. The van der Waals surface area contributed by atoms with Crippen LogP contribution in [0.3, 0.4) is 0 Å². The Bertz CT molecular complexity index is 901. The number of rotatable bonds is 4. The second-order valence-corrected chi connectivity index (χ2v) is 6.65. The normalized spacial score (nSPS) is 13.9. The lowest BCUT2D eigenvalue weighted by molar-refractivity contribution is 0.210. The third kappa shape index (κ3) is 4.01. The molecule has 0 unspecified atom stereocenters. The van der Waals surface area contributed by atoms with Gasteiger partial charge in [0.05, 0.1) is 30.9 Å². The third-order valence-electron chi connectivity index (χ3n) is 4.64. The van der Waals surface area contributed by atoms with Crippen LogP contribution in [0.1, 0.15) is 23.4 Å². The van der Waals surface area contributed by atoms with Crippen LogP contribution in [0.2, 0.25) is 0 Å². The lowest BCUT2D eigenvalue weighted by Gasteiger charge is -2.20. The first-order valence-electron chi connectivity index (χ1n) is 8.98. The van der Waals surface area contributed by atoms with Crippen LogP contribution in [-0.2, 0) is 26.2 Å². The van der Waals surface area contributed by atoms with Gasteiger partial charge in [-0.3, -0.25) is 4.68 Å². The van der Waals surface area contributed by atoms with Gasteiger partial charge in [0.15, 0.2) is 0 Å². The third-order valence-corrected chi connectivity index (χ3v) is 4.64. The molecule has 0 saturated carbocycles. The van der Waals surface area contributed by atoms with E-state index in [0.29, 0.717) is 18.8 Å². The Morgan fingerprint density at radius 1 is 1.22 bits per heavy atom. The fourth-order valence-electron chi connectivity index (χ4n) is 3.26. The Morgan fingerprint density at radius 2 is 2.07 bits per heavy atom. The number of urea groups is 1. The van der Waals surface area contributed by atoms with Gasteiger partial charge in [-0.25, -0.2) is 9.78 Å². The van der Waals surface area contributed by atoms with E-state index in [4.69, 9.17) is 0 Å². The van der Waals surface area contributed by atoms with Crippen molar-refractivity contribution in [1.29, 1.82) is 0 Å². The molecular formula is C19H22N6O2. The van der Waals surface area contributed by atoms with E-state index in [1.54, 1.807) is 17.4 Å². The number of hydrogen-bond donors (Lipinski definition) is 2. The Kier molecular flexibility index (Phi) is 4.88. The predicted molar refractivity (Wildman–Crippen MR) is 100.0 cm³/mol. The fraction of sp³-hybridized carbons (Fsp3) is 0.316. The van der Waals surface area contributed by atoms with Crippen LogP contribution < -0.4 is 5.32 Å². The molecule has 0 aliphatic carbocycles. The van der Waals surface area contributed by atoms with Gasteiger partial charge in [0, 0.05) is 37.7 Å². The van der Waals surface area contributed by atoms with Crippen molar-refractivity contribution < 1.29 is 9.90 Å². The molecule has 140 valence electrons. The Balaban J connectivity index is 1.39. The molecule has 0 atom stereocenters. The number of nitrogens with zero attached hydrogens (tertiary/aromatic N) is 5. The minimum atomic E-state index is -0.127. The number of nitrogens with one attached hydrogen (secondary N) is 1. The summed E-state index contributed by atoms with van der Waals surface area (Å²) in [5.41, 5.74) is 3.49. The first kappa shape index (κ1) is 17.3. The maximum atomic E-state index is 12.7. The van der Waals surface area contributed by atoms with Gasteiger partial charge >= 0.3 is 6.03 Å². The lowest BCUT2D eigenvalue weighted by atomic mass is 10.2. The first-order valence-corrected chi connectivity index (χ1v) is 8.98. The minimum Gasteiger partial charge on any atom is -0.390 e. The molecule has 1 aromatic carbocycles. The zero-order chi connectivity index (χ0) is 18.6. The number of aromatic nitrogens is 4. The van der Waals surface area contributed by atoms with Gasteiger partial charge in [0.2, 0.25) is 0 Å². The number of benzene rings is 1. The summed E-state index contributed by atoms with van der Waals surface area (Å²) in [6.07, 6.45) is 6.28. The molecule has 0 radical (unpaired) electrons. The molecule has 2 aromatic heterocycles. The zero-order valence-electron chi connectivity index (χ0n) is 15.0. The van der Waals surface area contributed by atoms with E-state index < -0.39 is 0 Å². The summed E-state index contributed by atoms with van der Waals surface area (Å²) in [4.78, 5) is 18.5. The van der Waals surface area contributed by atoms with Crippen molar-refractivity contribution in [3.8, 4) is 0 Å². The van der Waals surface area contributed by atoms with Crippen molar-refractivity contribution in [2.24, 2.45) is 0 Å². The highest BCUT2D eigenvalue weighted by Crippen LogP contribution is 2.16. The van der Waals surface area contributed by atoms with Gasteiger partial charge < -0.3 is 19.9 Å². The number of aliphatic hydroxyl groups excluding tert-OH is 1. The van der Waals surface area contributed by atoms with Crippen LogP contribution in [0, 0.1) is 0 Å². The molecule has 2 amide bonds. The quantitative estimate of drug-likeness (QED) is 0.740. The lowest BCUT2D eigenvalue weighted by Crippen LogP contribution is -2.34. The monoisotopic (exact) mass is 366 g/mol. The molecule has 1 aliphatic rings. The van der Waals surface area contributed by atoms with Crippen LogP contribution in [0.25, 0.3) is 0 Å². The molecule has 0 fully saturated rings. The number of carbonyl (C=O) groups is 1. The van der Waals surface area contributed by atoms with Crippen molar-refractivity contribution in [3.63, 3.8) is 0 Å². The number of imidazole rings is 1. The van der Waals surface area contributed by atoms with Gasteiger partial charge in [0.1, 0.15) is 0 Å². The van der Waals surface area contributed by atoms with E-state index in [1.165, 1.54) is 0 Å². The molecule has 4 rings (SSSR count). The number of anilines is 1. The number of aliphatic hydroxyl groups is 1. The predicted octanol–water partition coefficient (Wildman–Crippen LogP) is 2.06. The van der Waals surface area contributed by atoms with Crippen LogP contribution in [0.4, 0.5) is 10.5 Å². The molecule has 8 nitrogen and oxygen atoms in total. The van der Waals surface area contributed by atoms with E-state index in [2.05, 4.69) is 15.4 Å². The van der Waals surface area contributed by atoms with E-state index in [0.717, 1.165) is 36.5 Å². The number of amides is 2. The second kappa shape index (κ2) is 7.63. The van der Waals surface area contributed by atoms with Gasteiger partial charge in [-0.05, 0) is 30.2 Å². The summed E-state index contributed by atoms with van der Waals surface area (Å²) in [5.74, 6) is 0. The Hall–Kier alpha value is -3.13. The van der Waals surface area contributed by atoms with E-state index >= 15 is 0 Å². The smallest absolute Gasteiger partial charge is 0.322 e. The molecule has 8 heteroatoms. The van der Waals surface area contributed by atoms with Crippen molar-refractivity contribution in [3.05, 3.63) is 66.0 Å². The van der Waals surface area contributed by atoms with E-state index in [9.17, 15) is 9.90 Å². The van der Waals surface area contributed by atoms with Crippen LogP contribution in [0.15, 0.2) is 49.1 Å². The summed E-state index contributed by atoms with van der Waals surface area (Å²) >= 11 is 0. The second-order valence-electron chi connectivity index (χ2n) is 6.65. The van der Waals surface area contributed by atoms with Crippen LogP contribution >= 0.6 is 0 Å². The molecule has 0 spiro atoms. The number of hydrogen-bond acceptors (Lipinski definition) is 4. The summed E-state index contributed by atoms with van der Waals surface area (Å²) in [7, 11) is 0. The van der Waals surface area contributed by atoms with Crippen molar-refractivity contribution >= 4 is 11.7 Å². The van der Waals surface area contributed by atoms with Gasteiger partial charge in [-0.2, -0.15) is 5.10 Å². The highest BCUT2D eigenvalue weighted by molar-refractivity contribution is 5.89. The number of fused-ring (bicyclic) bond motifs is 1. The summed E-state index contributed by atoms with van der Waals surface area (Å²) < 4.78 is 3.87. The highest BCUT2D eigenvalue weighted by Gasteiger charge is 2.20. The SMILES string of the molecule is O=C(Nc1ccc(Cn2ccnc2)cc1)N1CCCn2nc(CO)cc2C1. The molecule has 0 saturated heterocycles. The maximum absolute atomic E-state index is 12.7. The van der Waals surface area contributed by atoms with Gasteiger partial charge in [-0.15, -0.1) is 0 Å². The molecule has 2 N–H and O–H groups in total. The molecule has 0 bridgehead atoms. The molecule has 27 heavy (non-hydrogen) atoms. The fourth-order valence-corrected chi connectivity index (χ4v) is 3.26. The minimum absolute atomic E-state index is 0.0857. The van der Waals surface area contributed by atoms with E-state index in [-0.39, 0.29) is 12.6 Å². The summed E-state index contributed by atoms with van der Waals surface area (Å²) in [6.45, 7) is 2.57. The van der Waals surface area contributed by atoms with Crippen LogP contribution in [0.5, 0.6) is 0 Å². The van der Waals surface area contributed by atoms with Gasteiger partial charge in [0.25, 0.3) is 0 Å². The van der Waals surface area contributed by atoms with Crippen molar-refractivity contribution in [1.82, 2.24) is 24.2 Å². The molecule has 1 aliphatic heterocycles. The summed E-state index contributed by atoms with van der Waals surface area (Å²) in [5, 5.41) is 16.6. The first-order chi connectivity index (χ1) is 13.2. The highest BCUT2D eigenvalue weighted by atomic mass is 16.3. The van der Waals surface area contributed by atoms with Crippen molar-refractivity contribution in [2.45, 2.75) is 32.7 Å². The van der Waals surface area contributed by atoms with Crippen molar-refractivity contribution in [2.75, 3.05) is 11.9 Å². The maximum Gasteiger partial charge on any atom is 0.322 e. The molecule has 3 aromatic rings. The van der Waals surface area contributed by atoms with E-state index in [1.807, 2.05) is 45.8 Å². The molecule has 3 heterocycles. The summed E-state index contributed by atoms with van der Waals surface area (Å²) in [6, 6.07) is 9.56. The number of carbonyl (C=O) groups excluding carboxylic acids is 1. The van der Waals surface area contributed by atoms with Crippen LogP contribution in [-0.4, -0.2) is 41.9 Å².